The van der Waals surface area contributed by atoms with Gasteiger partial charge in [-0.1, -0.05) is 158 Å². The first-order valence-corrected chi connectivity index (χ1v) is 26.8. The van der Waals surface area contributed by atoms with Crippen molar-refractivity contribution in [1.82, 2.24) is 9.80 Å². The zero-order valence-corrected chi connectivity index (χ0v) is 37.4. The summed E-state index contributed by atoms with van der Waals surface area (Å²) < 4.78 is 3.62. The molecule has 0 unspecified atom stereocenters. The molecule has 0 amide bonds. The van der Waals surface area contributed by atoms with Gasteiger partial charge in [-0.25, -0.2) is 0 Å². The first-order valence-electron chi connectivity index (χ1n) is 21.5. The minimum Gasteiger partial charge on any atom is -0.264 e. The number of nitrogens with zero attached hydrogens (tertiary/aromatic N) is 2. The van der Waals surface area contributed by atoms with Gasteiger partial charge in [-0.3, -0.25) is 9.80 Å². The van der Waals surface area contributed by atoms with Gasteiger partial charge in [0.2, 0.25) is 0 Å². The molecule has 0 aliphatic carbocycles. The first kappa shape index (κ1) is 49.1. The summed E-state index contributed by atoms with van der Waals surface area (Å²) in [5, 5.41) is 0. The Morgan fingerprint density at radius 1 is 0.312 bits per heavy atom. The molecular formula is C42H88N2S4. The molecule has 0 heterocycles. The van der Waals surface area contributed by atoms with Crippen LogP contribution in [0.1, 0.15) is 209 Å². The zero-order chi connectivity index (χ0) is 35.5. The highest BCUT2D eigenvalue weighted by Gasteiger charge is 2.22. The van der Waals surface area contributed by atoms with Gasteiger partial charge in [-0.05, 0) is 96.0 Å². The molecule has 0 aliphatic heterocycles. The number of hydrogen-bond donors (Lipinski definition) is 0. The smallest absolute Gasteiger partial charge is 0.0870 e. The molecule has 0 spiro atoms. The Hall–Kier alpha value is 1.06. The lowest BCUT2D eigenvalue weighted by molar-refractivity contribution is 0.401. The summed E-state index contributed by atoms with van der Waals surface area (Å²) in [6, 6.07) is 0. The van der Waals surface area contributed by atoms with Crippen LogP contribution in [0.3, 0.4) is 0 Å². The second kappa shape index (κ2) is 37.8. The Labute approximate surface area is 317 Å². The van der Waals surface area contributed by atoms with Gasteiger partial charge in [0.05, 0.1) is 8.64 Å². The Morgan fingerprint density at radius 3 is 0.729 bits per heavy atom. The molecule has 290 valence electrons. The average Bonchev–Trinajstić information content (AvgIpc) is 3.09. The van der Waals surface area contributed by atoms with E-state index < -0.39 is 0 Å². The van der Waals surface area contributed by atoms with E-state index in [0.717, 1.165) is 0 Å². The third-order valence-electron chi connectivity index (χ3n) is 9.30. The summed E-state index contributed by atoms with van der Waals surface area (Å²) in [7, 11) is 5.34. The molecule has 0 aromatic heterocycles. The van der Waals surface area contributed by atoms with E-state index in [1.807, 2.05) is 8.64 Å². The van der Waals surface area contributed by atoms with Crippen LogP contribution >= 0.6 is 42.6 Å². The van der Waals surface area contributed by atoms with E-state index in [9.17, 15) is 0 Å². The van der Waals surface area contributed by atoms with Crippen molar-refractivity contribution in [2.75, 3.05) is 49.2 Å². The Bertz CT molecular complexity index is 648. The molecular weight excluding hydrogens is 661 g/mol. The summed E-state index contributed by atoms with van der Waals surface area (Å²) in [4.78, 5) is 5.93. The number of rotatable bonds is 32. The standard InChI is InChI=1S/C42H88N2S4/c1-9-17-25-33-43(34-26-18-10-2)41(47(37-29-21-13-5)38-30-22-14-6)45-46-42(44(35-27-19-11-3)36-28-20-12-4)48(39-31-23-15-7)40-32-24-16-8/h9-40H2,1-8H3. The predicted molar refractivity (Wildman–Crippen MR) is 239 cm³/mol. The van der Waals surface area contributed by atoms with Crippen LogP contribution in [-0.2, 0) is 0 Å². The fraction of sp³-hybridized carbons (Fsp3) is 0.952. The van der Waals surface area contributed by atoms with Crippen LogP contribution in [0.4, 0.5) is 0 Å². The minimum atomic E-state index is 0.380. The second-order valence-corrected chi connectivity index (χ2v) is 21.1. The van der Waals surface area contributed by atoms with Crippen LogP contribution in [0, 0.1) is 0 Å². The van der Waals surface area contributed by atoms with Crippen LogP contribution in [0.15, 0.2) is 0 Å². The van der Waals surface area contributed by atoms with E-state index >= 15 is 0 Å². The predicted octanol–water partition coefficient (Wildman–Crippen LogP) is 15.2. The molecule has 0 aliphatic rings. The highest BCUT2D eigenvalue weighted by atomic mass is 33.1. The van der Waals surface area contributed by atoms with E-state index in [1.165, 1.54) is 203 Å². The van der Waals surface area contributed by atoms with Gasteiger partial charge in [0.25, 0.3) is 0 Å². The van der Waals surface area contributed by atoms with Crippen molar-refractivity contribution in [3.63, 3.8) is 0 Å². The quantitative estimate of drug-likeness (QED) is 0.0384. The van der Waals surface area contributed by atoms with Gasteiger partial charge in [0.1, 0.15) is 0 Å². The Morgan fingerprint density at radius 2 is 0.521 bits per heavy atom. The molecule has 0 radical (unpaired) electrons. The minimum absolute atomic E-state index is 0.380. The van der Waals surface area contributed by atoms with E-state index in [0.29, 0.717) is 21.0 Å². The van der Waals surface area contributed by atoms with E-state index in [2.05, 4.69) is 86.8 Å². The molecule has 0 aromatic carbocycles. The topological polar surface area (TPSA) is 6.48 Å². The van der Waals surface area contributed by atoms with E-state index in [1.54, 1.807) is 0 Å². The summed E-state index contributed by atoms with van der Waals surface area (Å²) >= 11 is 0. The van der Waals surface area contributed by atoms with Crippen LogP contribution in [0.5, 0.6) is 0 Å². The first-order chi connectivity index (χ1) is 23.6. The van der Waals surface area contributed by atoms with E-state index in [-0.39, 0.29) is 0 Å². The van der Waals surface area contributed by atoms with Gasteiger partial charge >= 0.3 is 0 Å². The third-order valence-corrected chi connectivity index (χ3v) is 18.6. The Kier molecular flexibility index (Phi) is 38.6. The summed E-state index contributed by atoms with van der Waals surface area (Å²) in [6.07, 6.45) is 32.7. The van der Waals surface area contributed by atoms with Crippen molar-refractivity contribution in [3.05, 3.63) is 0 Å². The largest absolute Gasteiger partial charge is 0.264 e. The van der Waals surface area contributed by atoms with Crippen molar-refractivity contribution in [2.24, 2.45) is 0 Å². The Balaban J connectivity index is 7.05. The highest BCUT2D eigenvalue weighted by molar-refractivity contribution is 8.90. The van der Waals surface area contributed by atoms with Crippen molar-refractivity contribution in [1.29, 1.82) is 0 Å². The molecule has 0 fully saturated rings. The lowest BCUT2D eigenvalue weighted by atomic mass is 10.2. The molecule has 2 nitrogen and oxygen atoms in total. The highest BCUT2D eigenvalue weighted by Crippen LogP contribution is 2.40. The molecule has 0 saturated heterocycles. The fourth-order valence-electron chi connectivity index (χ4n) is 6.10. The molecule has 0 aromatic rings. The molecule has 6 heteroatoms. The van der Waals surface area contributed by atoms with Crippen LogP contribution in [0.2, 0.25) is 0 Å². The van der Waals surface area contributed by atoms with Crippen LogP contribution in [-0.4, -0.2) is 67.6 Å². The average molecular weight is 749 g/mol. The molecule has 0 rings (SSSR count). The second-order valence-electron chi connectivity index (χ2n) is 14.1. The maximum absolute atomic E-state index is 2.96. The molecule has 48 heavy (non-hydrogen) atoms. The van der Waals surface area contributed by atoms with Crippen molar-refractivity contribution >= 4 is 51.2 Å². The van der Waals surface area contributed by atoms with Gasteiger partial charge in [-0.15, -0.1) is 0 Å². The maximum atomic E-state index is 2.96. The lowest BCUT2D eigenvalue weighted by Crippen LogP contribution is -2.33. The van der Waals surface area contributed by atoms with E-state index in [4.69, 9.17) is 0 Å². The van der Waals surface area contributed by atoms with Gasteiger partial charge in [0.15, 0.2) is 0 Å². The normalized spacial score (nSPS) is 12.0. The molecule has 0 saturated carbocycles. The van der Waals surface area contributed by atoms with Gasteiger partial charge < -0.3 is 0 Å². The molecule has 0 N–H and O–H groups in total. The van der Waals surface area contributed by atoms with Gasteiger partial charge in [0, 0.05) is 26.2 Å². The lowest BCUT2D eigenvalue weighted by Gasteiger charge is -2.31. The number of unbranched alkanes of at least 4 members (excludes halogenated alkanes) is 16. The molecule has 0 atom stereocenters. The van der Waals surface area contributed by atoms with Crippen molar-refractivity contribution in [2.45, 2.75) is 209 Å². The monoisotopic (exact) mass is 749 g/mol. The van der Waals surface area contributed by atoms with Crippen LogP contribution < -0.4 is 0 Å². The summed E-state index contributed by atoms with van der Waals surface area (Å²) in [5.74, 6) is 5.68. The summed E-state index contributed by atoms with van der Waals surface area (Å²) in [5.41, 5.74) is 0. The fourth-order valence-corrected chi connectivity index (χ4v) is 16.4. The van der Waals surface area contributed by atoms with Crippen molar-refractivity contribution in [3.8, 4) is 0 Å². The molecule has 0 bridgehead atoms. The van der Waals surface area contributed by atoms with Gasteiger partial charge in [-0.2, -0.15) is 21.0 Å². The maximum Gasteiger partial charge on any atom is 0.0870 e. The third kappa shape index (κ3) is 25.9. The van der Waals surface area contributed by atoms with Crippen molar-refractivity contribution < 1.29 is 0 Å². The van der Waals surface area contributed by atoms with Crippen LogP contribution in [0.25, 0.3) is 0 Å². The zero-order valence-electron chi connectivity index (χ0n) is 34.2. The summed E-state index contributed by atoms with van der Waals surface area (Å²) in [6.45, 7) is 24.1. The number of hydrogen-bond acceptors (Lipinski definition) is 2. The SMILES string of the molecule is CCCCCN(CCCCC)C(SSC(N(CCCCC)CCCCC)=S(CCCCC)CCCCC)=S(CCCCC)CCCCC.